The van der Waals surface area contributed by atoms with E-state index in [2.05, 4.69) is 5.32 Å². The van der Waals surface area contributed by atoms with Gasteiger partial charge in [0.25, 0.3) is 0 Å². The SMILES string of the molecule is N#CCC(=O)NCCc1ccc(S(=O)(=O)N2CCOCC2)cc1. The van der Waals surface area contributed by atoms with Crippen LogP contribution in [0.2, 0.25) is 0 Å². The molecule has 1 fully saturated rings. The van der Waals surface area contributed by atoms with Gasteiger partial charge in [-0.25, -0.2) is 8.42 Å². The van der Waals surface area contributed by atoms with Crippen LogP contribution in [0.25, 0.3) is 0 Å². The van der Waals surface area contributed by atoms with Gasteiger partial charge in [0.2, 0.25) is 15.9 Å². The molecule has 8 heteroatoms. The van der Waals surface area contributed by atoms with Crippen molar-refractivity contribution in [1.82, 2.24) is 9.62 Å². The van der Waals surface area contributed by atoms with Crippen molar-refractivity contribution in [2.75, 3.05) is 32.8 Å². The van der Waals surface area contributed by atoms with Crippen molar-refractivity contribution < 1.29 is 17.9 Å². The van der Waals surface area contributed by atoms with E-state index < -0.39 is 10.0 Å². The van der Waals surface area contributed by atoms with E-state index in [1.54, 1.807) is 30.3 Å². The molecule has 1 saturated heterocycles. The van der Waals surface area contributed by atoms with Crippen molar-refractivity contribution in [3.63, 3.8) is 0 Å². The maximum Gasteiger partial charge on any atom is 0.243 e. The third-order valence-electron chi connectivity index (χ3n) is 3.51. The van der Waals surface area contributed by atoms with Crippen molar-refractivity contribution in [1.29, 1.82) is 5.26 Å². The molecule has 7 nitrogen and oxygen atoms in total. The summed E-state index contributed by atoms with van der Waals surface area (Å²) in [5.74, 6) is -0.306. The Kier molecular flexibility index (Phi) is 6.10. The van der Waals surface area contributed by atoms with Crippen LogP contribution in [-0.2, 0) is 26.0 Å². The molecule has 0 bridgehead atoms. The second kappa shape index (κ2) is 8.06. The lowest BCUT2D eigenvalue weighted by atomic mass is 10.1. The highest BCUT2D eigenvalue weighted by atomic mass is 32.2. The number of carbonyl (C=O) groups is 1. The van der Waals surface area contributed by atoms with Gasteiger partial charge >= 0.3 is 0 Å². The highest BCUT2D eigenvalue weighted by molar-refractivity contribution is 7.89. The third-order valence-corrected chi connectivity index (χ3v) is 5.42. The Bertz CT molecular complexity index is 674. The summed E-state index contributed by atoms with van der Waals surface area (Å²) < 4.78 is 31.5. The van der Waals surface area contributed by atoms with Crippen molar-refractivity contribution in [3.8, 4) is 6.07 Å². The van der Waals surface area contributed by atoms with Crippen molar-refractivity contribution in [3.05, 3.63) is 29.8 Å². The fourth-order valence-electron chi connectivity index (χ4n) is 2.24. The van der Waals surface area contributed by atoms with E-state index in [0.29, 0.717) is 39.3 Å². The maximum absolute atomic E-state index is 12.5. The molecule has 0 aliphatic carbocycles. The van der Waals surface area contributed by atoms with Crippen LogP contribution in [-0.4, -0.2) is 51.5 Å². The molecule has 2 rings (SSSR count). The summed E-state index contributed by atoms with van der Waals surface area (Å²) in [5.41, 5.74) is 0.920. The second-order valence-corrected chi connectivity index (χ2v) is 7.03. The molecule has 0 unspecified atom stereocenters. The van der Waals surface area contributed by atoms with Gasteiger partial charge in [-0.1, -0.05) is 12.1 Å². The normalized spacial score (nSPS) is 15.8. The van der Waals surface area contributed by atoms with Crippen LogP contribution in [0.15, 0.2) is 29.2 Å². The summed E-state index contributed by atoms with van der Waals surface area (Å²) in [6.07, 6.45) is 0.422. The van der Waals surface area contributed by atoms with Crippen LogP contribution >= 0.6 is 0 Å². The van der Waals surface area contributed by atoms with E-state index >= 15 is 0 Å². The predicted molar refractivity (Wildman–Crippen MR) is 83.0 cm³/mol. The van der Waals surface area contributed by atoms with Crippen LogP contribution in [0, 0.1) is 11.3 Å². The van der Waals surface area contributed by atoms with Crippen molar-refractivity contribution >= 4 is 15.9 Å². The number of morpholine rings is 1. The van der Waals surface area contributed by atoms with Crippen LogP contribution in [0.5, 0.6) is 0 Å². The summed E-state index contributed by atoms with van der Waals surface area (Å²) >= 11 is 0. The molecule has 0 atom stereocenters. The van der Waals surface area contributed by atoms with E-state index in [9.17, 15) is 13.2 Å². The number of nitriles is 1. The van der Waals surface area contributed by atoms with E-state index in [1.807, 2.05) is 0 Å². The van der Waals surface area contributed by atoms with Gasteiger partial charge in [-0.05, 0) is 24.1 Å². The molecular formula is C15H19N3O4S. The zero-order valence-electron chi connectivity index (χ0n) is 12.7. The predicted octanol–water partition coefficient (Wildman–Crippen LogP) is 0.280. The summed E-state index contributed by atoms with van der Waals surface area (Å²) in [6, 6.07) is 8.42. The average molecular weight is 337 g/mol. The molecule has 1 aliphatic rings. The number of hydrogen-bond acceptors (Lipinski definition) is 5. The zero-order chi connectivity index (χ0) is 16.7. The number of hydrogen-bond donors (Lipinski definition) is 1. The van der Waals surface area contributed by atoms with Crippen LogP contribution in [0.4, 0.5) is 0 Å². The molecule has 1 aromatic rings. The lowest BCUT2D eigenvalue weighted by molar-refractivity contribution is -0.120. The van der Waals surface area contributed by atoms with Gasteiger partial charge in [-0.2, -0.15) is 9.57 Å². The molecule has 0 saturated carbocycles. The Hall–Kier alpha value is -1.95. The van der Waals surface area contributed by atoms with E-state index in [0.717, 1.165) is 5.56 Å². The Labute approximate surface area is 135 Å². The topological polar surface area (TPSA) is 99.5 Å². The molecule has 1 aliphatic heterocycles. The van der Waals surface area contributed by atoms with Gasteiger partial charge < -0.3 is 10.1 Å². The smallest absolute Gasteiger partial charge is 0.243 e. The first kappa shape index (κ1) is 17.4. The number of ether oxygens (including phenoxy) is 1. The average Bonchev–Trinajstić information content (AvgIpc) is 2.56. The van der Waals surface area contributed by atoms with Crippen LogP contribution in [0.3, 0.4) is 0 Å². The van der Waals surface area contributed by atoms with Crippen LogP contribution < -0.4 is 5.32 Å². The van der Waals surface area contributed by atoms with E-state index in [1.165, 1.54) is 4.31 Å². The lowest BCUT2D eigenvalue weighted by Gasteiger charge is -2.26. The molecule has 1 aromatic carbocycles. The summed E-state index contributed by atoms with van der Waals surface area (Å²) in [5, 5.41) is 11.0. The van der Waals surface area contributed by atoms with Gasteiger partial charge in [0, 0.05) is 19.6 Å². The van der Waals surface area contributed by atoms with Crippen molar-refractivity contribution in [2.24, 2.45) is 0 Å². The first-order valence-electron chi connectivity index (χ1n) is 7.34. The summed E-state index contributed by atoms with van der Waals surface area (Å²) in [7, 11) is -3.47. The minimum absolute atomic E-state index is 0.156. The summed E-state index contributed by atoms with van der Waals surface area (Å²) in [6.45, 7) is 1.99. The van der Waals surface area contributed by atoms with Gasteiger partial charge in [-0.15, -0.1) is 0 Å². The molecule has 1 heterocycles. The molecule has 124 valence electrons. The molecule has 0 aromatic heterocycles. The first-order valence-corrected chi connectivity index (χ1v) is 8.78. The number of sulfonamides is 1. The minimum atomic E-state index is -3.47. The molecule has 1 amide bonds. The quantitative estimate of drug-likeness (QED) is 0.804. The number of amides is 1. The Morgan fingerprint density at radius 1 is 1.26 bits per heavy atom. The third kappa shape index (κ3) is 4.76. The van der Waals surface area contributed by atoms with Crippen molar-refractivity contribution in [2.45, 2.75) is 17.7 Å². The molecule has 1 N–H and O–H groups in total. The standard InChI is InChI=1S/C15H19N3O4S/c16-7-5-15(19)17-8-6-13-1-3-14(4-2-13)23(20,21)18-9-11-22-12-10-18/h1-4H,5-6,8-12H2,(H,17,19). The Balaban J connectivity index is 1.93. The number of rotatable bonds is 6. The molecular weight excluding hydrogens is 318 g/mol. The highest BCUT2D eigenvalue weighted by Gasteiger charge is 2.25. The highest BCUT2D eigenvalue weighted by Crippen LogP contribution is 2.17. The molecule has 0 radical (unpaired) electrons. The fraction of sp³-hybridized carbons (Fsp3) is 0.467. The number of nitrogens with one attached hydrogen (secondary N) is 1. The van der Waals surface area contributed by atoms with Gasteiger partial charge in [0.15, 0.2) is 0 Å². The second-order valence-electron chi connectivity index (χ2n) is 5.10. The van der Waals surface area contributed by atoms with Gasteiger partial charge in [0.05, 0.1) is 24.2 Å². The van der Waals surface area contributed by atoms with Gasteiger partial charge in [0.1, 0.15) is 6.42 Å². The Morgan fingerprint density at radius 3 is 2.52 bits per heavy atom. The lowest BCUT2D eigenvalue weighted by Crippen LogP contribution is -2.40. The number of benzene rings is 1. The first-order chi connectivity index (χ1) is 11.0. The molecule has 0 spiro atoms. The number of carbonyl (C=O) groups excluding carboxylic acids is 1. The van der Waals surface area contributed by atoms with E-state index in [-0.39, 0.29) is 17.2 Å². The number of nitrogens with zero attached hydrogens (tertiary/aromatic N) is 2. The largest absolute Gasteiger partial charge is 0.379 e. The van der Waals surface area contributed by atoms with E-state index in [4.69, 9.17) is 10.00 Å². The van der Waals surface area contributed by atoms with Crippen LogP contribution in [0.1, 0.15) is 12.0 Å². The summed E-state index contributed by atoms with van der Waals surface area (Å²) in [4.78, 5) is 11.4. The Morgan fingerprint density at radius 2 is 1.91 bits per heavy atom. The monoisotopic (exact) mass is 337 g/mol. The maximum atomic E-state index is 12.5. The van der Waals surface area contributed by atoms with Gasteiger partial charge in [-0.3, -0.25) is 4.79 Å². The minimum Gasteiger partial charge on any atom is -0.379 e. The fourth-order valence-corrected chi connectivity index (χ4v) is 3.65. The zero-order valence-corrected chi connectivity index (χ0v) is 13.5. The molecule has 23 heavy (non-hydrogen) atoms.